The molecular formula is C12H15ClN2O. The third kappa shape index (κ3) is 2.14. The second kappa shape index (κ2) is 4.34. The Bertz CT molecular complexity index is 415. The fourth-order valence-electron chi connectivity index (χ4n) is 1.82. The van der Waals surface area contributed by atoms with Crippen LogP contribution in [0.5, 0.6) is 0 Å². The zero-order valence-electron chi connectivity index (χ0n) is 9.24. The standard InChI is InChI=1S/C12H15ClN2O/c1-2-15(9-4-5-9)12(16)10-7-8(14)3-6-11(10)13/h3,6-7,9H,2,4-5,14H2,1H3. The zero-order valence-corrected chi connectivity index (χ0v) is 10.00. The van der Waals surface area contributed by atoms with E-state index in [1.807, 2.05) is 11.8 Å². The number of rotatable bonds is 3. The molecule has 1 aromatic carbocycles. The van der Waals surface area contributed by atoms with Crippen molar-refractivity contribution in [3.8, 4) is 0 Å². The molecule has 0 spiro atoms. The van der Waals surface area contributed by atoms with E-state index in [2.05, 4.69) is 0 Å². The first-order chi connectivity index (χ1) is 7.63. The van der Waals surface area contributed by atoms with Crippen LogP contribution in [0.1, 0.15) is 30.1 Å². The highest BCUT2D eigenvalue weighted by Crippen LogP contribution is 2.29. The normalized spacial score (nSPS) is 14.9. The number of hydrogen-bond donors (Lipinski definition) is 1. The molecule has 0 heterocycles. The van der Waals surface area contributed by atoms with Gasteiger partial charge in [0, 0.05) is 18.3 Å². The molecule has 1 amide bonds. The molecule has 2 N–H and O–H groups in total. The number of benzene rings is 1. The van der Waals surface area contributed by atoms with Crippen molar-refractivity contribution < 1.29 is 4.79 Å². The van der Waals surface area contributed by atoms with E-state index in [1.54, 1.807) is 18.2 Å². The number of carbonyl (C=O) groups is 1. The van der Waals surface area contributed by atoms with Crippen LogP contribution in [0.4, 0.5) is 5.69 Å². The smallest absolute Gasteiger partial charge is 0.255 e. The number of amides is 1. The number of nitrogens with two attached hydrogens (primary N) is 1. The second-order valence-electron chi connectivity index (χ2n) is 4.06. The summed E-state index contributed by atoms with van der Waals surface area (Å²) in [7, 11) is 0. The Labute approximate surface area is 100 Å². The van der Waals surface area contributed by atoms with Gasteiger partial charge in [-0.3, -0.25) is 4.79 Å². The molecule has 4 heteroatoms. The molecule has 0 saturated heterocycles. The summed E-state index contributed by atoms with van der Waals surface area (Å²) in [5, 5.41) is 0.471. The van der Waals surface area contributed by atoms with Crippen LogP contribution in [0.2, 0.25) is 5.02 Å². The Morgan fingerprint density at radius 2 is 2.25 bits per heavy atom. The van der Waals surface area contributed by atoms with E-state index in [4.69, 9.17) is 17.3 Å². The van der Waals surface area contributed by atoms with E-state index in [0.29, 0.717) is 28.9 Å². The average molecular weight is 239 g/mol. The predicted octanol–water partition coefficient (Wildman–Crippen LogP) is 2.55. The molecule has 0 aromatic heterocycles. The van der Waals surface area contributed by atoms with Crippen molar-refractivity contribution in [3.63, 3.8) is 0 Å². The Morgan fingerprint density at radius 1 is 1.56 bits per heavy atom. The summed E-state index contributed by atoms with van der Waals surface area (Å²) in [6.07, 6.45) is 2.19. The first-order valence-corrected chi connectivity index (χ1v) is 5.87. The molecule has 16 heavy (non-hydrogen) atoms. The van der Waals surface area contributed by atoms with Gasteiger partial charge in [-0.2, -0.15) is 0 Å². The Hall–Kier alpha value is -1.22. The van der Waals surface area contributed by atoms with Crippen LogP contribution in [0.25, 0.3) is 0 Å². The predicted molar refractivity (Wildman–Crippen MR) is 65.6 cm³/mol. The lowest BCUT2D eigenvalue weighted by atomic mass is 10.1. The van der Waals surface area contributed by atoms with Crippen LogP contribution in [0, 0.1) is 0 Å². The van der Waals surface area contributed by atoms with Crippen LogP contribution in [0.3, 0.4) is 0 Å². The fraction of sp³-hybridized carbons (Fsp3) is 0.417. The first kappa shape index (κ1) is 11.3. The van der Waals surface area contributed by atoms with Crippen molar-refractivity contribution in [1.82, 2.24) is 4.90 Å². The maximum absolute atomic E-state index is 12.2. The second-order valence-corrected chi connectivity index (χ2v) is 4.47. The highest BCUT2D eigenvalue weighted by molar-refractivity contribution is 6.34. The van der Waals surface area contributed by atoms with Crippen molar-refractivity contribution in [3.05, 3.63) is 28.8 Å². The van der Waals surface area contributed by atoms with Crippen molar-refractivity contribution in [2.45, 2.75) is 25.8 Å². The number of nitrogen functional groups attached to an aromatic ring is 1. The van der Waals surface area contributed by atoms with E-state index in [0.717, 1.165) is 12.8 Å². The summed E-state index contributed by atoms with van der Waals surface area (Å²) in [4.78, 5) is 14.1. The Balaban J connectivity index is 2.28. The van der Waals surface area contributed by atoms with Crippen molar-refractivity contribution in [2.75, 3.05) is 12.3 Å². The van der Waals surface area contributed by atoms with Gasteiger partial charge < -0.3 is 10.6 Å². The molecule has 0 bridgehead atoms. The molecular weight excluding hydrogens is 224 g/mol. The van der Waals surface area contributed by atoms with Gasteiger partial charge in [0.15, 0.2) is 0 Å². The lowest BCUT2D eigenvalue weighted by Crippen LogP contribution is -2.33. The van der Waals surface area contributed by atoms with E-state index in [1.165, 1.54) is 0 Å². The van der Waals surface area contributed by atoms with Gasteiger partial charge in [-0.05, 0) is 38.0 Å². The van der Waals surface area contributed by atoms with Gasteiger partial charge in [-0.25, -0.2) is 0 Å². The molecule has 86 valence electrons. The molecule has 1 fully saturated rings. The minimum absolute atomic E-state index is 0.0118. The van der Waals surface area contributed by atoms with Gasteiger partial charge in [0.05, 0.1) is 10.6 Å². The lowest BCUT2D eigenvalue weighted by Gasteiger charge is -2.21. The van der Waals surface area contributed by atoms with Crippen LogP contribution >= 0.6 is 11.6 Å². The van der Waals surface area contributed by atoms with E-state index in [-0.39, 0.29) is 5.91 Å². The summed E-state index contributed by atoms with van der Waals surface area (Å²) in [6, 6.07) is 5.42. The molecule has 0 unspecified atom stereocenters. The quantitative estimate of drug-likeness (QED) is 0.823. The van der Waals surface area contributed by atoms with E-state index in [9.17, 15) is 4.79 Å². The molecule has 1 aliphatic carbocycles. The number of hydrogen-bond acceptors (Lipinski definition) is 2. The third-order valence-electron chi connectivity index (χ3n) is 2.81. The SMILES string of the molecule is CCN(C(=O)c1cc(N)ccc1Cl)C1CC1. The fourth-order valence-corrected chi connectivity index (χ4v) is 2.01. The largest absolute Gasteiger partial charge is 0.399 e. The van der Waals surface area contributed by atoms with Crippen LogP contribution < -0.4 is 5.73 Å². The molecule has 1 aliphatic rings. The van der Waals surface area contributed by atoms with E-state index >= 15 is 0 Å². The number of halogens is 1. The van der Waals surface area contributed by atoms with Gasteiger partial charge >= 0.3 is 0 Å². The summed E-state index contributed by atoms with van der Waals surface area (Å²) in [5.41, 5.74) is 6.75. The molecule has 0 atom stereocenters. The van der Waals surface area contributed by atoms with Crippen LogP contribution in [-0.2, 0) is 0 Å². The maximum Gasteiger partial charge on any atom is 0.255 e. The monoisotopic (exact) mass is 238 g/mol. The Kier molecular flexibility index (Phi) is 3.06. The summed E-state index contributed by atoms with van der Waals surface area (Å²) in [5.74, 6) is -0.0118. The number of anilines is 1. The van der Waals surface area contributed by atoms with Crippen molar-refractivity contribution >= 4 is 23.2 Å². The molecule has 0 aliphatic heterocycles. The average Bonchev–Trinajstić information content (AvgIpc) is 3.07. The molecule has 1 saturated carbocycles. The van der Waals surface area contributed by atoms with Crippen LogP contribution in [0.15, 0.2) is 18.2 Å². The lowest BCUT2D eigenvalue weighted by molar-refractivity contribution is 0.0753. The van der Waals surface area contributed by atoms with Crippen molar-refractivity contribution in [1.29, 1.82) is 0 Å². The molecule has 3 nitrogen and oxygen atoms in total. The highest BCUT2D eigenvalue weighted by Gasteiger charge is 2.32. The van der Waals surface area contributed by atoms with Gasteiger partial charge in [0.25, 0.3) is 5.91 Å². The number of nitrogens with zero attached hydrogens (tertiary/aromatic N) is 1. The molecule has 1 aromatic rings. The van der Waals surface area contributed by atoms with Gasteiger partial charge in [0.2, 0.25) is 0 Å². The summed E-state index contributed by atoms with van der Waals surface area (Å²) < 4.78 is 0. The third-order valence-corrected chi connectivity index (χ3v) is 3.14. The minimum Gasteiger partial charge on any atom is -0.399 e. The number of carbonyl (C=O) groups excluding carboxylic acids is 1. The maximum atomic E-state index is 12.2. The Morgan fingerprint density at radius 3 is 2.81 bits per heavy atom. The van der Waals surface area contributed by atoms with E-state index < -0.39 is 0 Å². The van der Waals surface area contributed by atoms with Gasteiger partial charge in [-0.15, -0.1) is 0 Å². The van der Waals surface area contributed by atoms with Gasteiger partial charge in [0.1, 0.15) is 0 Å². The molecule has 0 radical (unpaired) electrons. The highest BCUT2D eigenvalue weighted by atomic mass is 35.5. The van der Waals surface area contributed by atoms with Crippen molar-refractivity contribution in [2.24, 2.45) is 0 Å². The van der Waals surface area contributed by atoms with Crippen LogP contribution in [-0.4, -0.2) is 23.4 Å². The minimum atomic E-state index is -0.0118. The molecule has 2 rings (SSSR count). The zero-order chi connectivity index (χ0) is 11.7. The first-order valence-electron chi connectivity index (χ1n) is 5.49. The summed E-state index contributed by atoms with van der Waals surface area (Å²) in [6.45, 7) is 2.70. The summed E-state index contributed by atoms with van der Waals surface area (Å²) >= 11 is 6.01. The van der Waals surface area contributed by atoms with Gasteiger partial charge in [-0.1, -0.05) is 11.6 Å². The topological polar surface area (TPSA) is 46.3 Å².